The molecule has 8 heteroatoms. The molecule has 2 rings (SSSR count). The van der Waals surface area contributed by atoms with Crippen molar-refractivity contribution in [2.75, 3.05) is 26.8 Å². The molecule has 0 fully saturated rings. The molecule has 0 atom stereocenters. The Morgan fingerprint density at radius 3 is 2.26 bits per heavy atom. The summed E-state index contributed by atoms with van der Waals surface area (Å²) in [5.74, 6) is 0.945. The number of carbonyl (C=O) groups is 1. The molecule has 0 aliphatic carbocycles. The standard InChI is InChI=1S/C23H31NO6S/c1-15(2)20-11-18(7-8-22(20)30-14-28-5)12-21-16(3)9-19(10-17(21)4)29-13-23(25)24-31(6,26)27/h7-11,15H,12-14H2,1-6H3,(H,24,25). The number of hydrogen-bond acceptors (Lipinski definition) is 6. The first kappa shape index (κ1) is 24.7. The number of rotatable bonds is 10. The number of aryl methyl sites for hydroxylation is 2. The summed E-state index contributed by atoms with van der Waals surface area (Å²) in [4.78, 5) is 11.7. The molecule has 1 N–H and O–H groups in total. The molecule has 0 radical (unpaired) electrons. The van der Waals surface area contributed by atoms with E-state index >= 15 is 0 Å². The molecular weight excluding hydrogens is 418 g/mol. The Labute approximate surface area is 184 Å². The van der Waals surface area contributed by atoms with Gasteiger partial charge in [0.05, 0.1) is 6.26 Å². The fraction of sp³-hybridized carbons (Fsp3) is 0.435. The van der Waals surface area contributed by atoms with Gasteiger partial charge in [-0.15, -0.1) is 0 Å². The van der Waals surface area contributed by atoms with Crippen LogP contribution >= 0.6 is 0 Å². The van der Waals surface area contributed by atoms with Gasteiger partial charge in [-0.1, -0.05) is 26.0 Å². The van der Waals surface area contributed by atoms with Crippen LogP contribution in [0.25, 0.3) is 0 Å². The van der Waals surface area contributed by atoms with Crippen LogP contribution in [0.4, 0.5) is 0 Å². The van der Waals surface area contributed by atoms with E-state index in [0.29, 0.717) is 11.7 Å². The van der Waals surface area contributed by atoms with Gasteiger partial charge in [-0.2, -0.15) is 0 Å². The highest BCUT2D eigenvalue weighted by atomic mass is 32.2. The summed E-state index contributed by atoms with van der Waals surface area (Å²) >= 11 is 0. The van der Waals surface area contributed by atoms with E-state index < -0.39 is 15.9 Å². The smallest absolute Gasteiger partial charge is 0.271 e. The van der Waals surface area contributed by atoms with E-state index in [1.807, 2.05) is 36.8 Å². The first-order chi connectivity index (χ1) is 14.5. The molecule has 0 saturated carbocycles. The topological polar surface area (TPSA) is 90.9 Å². The van der Waals surface area contributed by atoms with E-state index in [1.54, 1.807) is 7.11 Å². The van der Waals surface area contributed by atoms with Crippen molar-refractivity contribution < 1.29 is 27.4 Å². The van der Waals surface area contributed by atoms with Crippen LogP contribution in [-0.2, 0) is 26.0 Å². The van der Waals surface area contributed by atoms with Crippen molar-refractivity contribution in [1.82, 2.24) is 4.72 Å². The minimum atomic E-state index is -3.60. The molecule has 31 heavy (non-hydrogen) atoms. The third-order valence-corrected chi connectivity index (χ3v) is 5.35. The molecule has 1 amide bonds. The van der Waals surface area contributed by atoms with Crippen molar-refractivity contribution in [2.24, 2.45) is 0 Å². The lowest BCUT2D eigenvalue weighted by atomic mass is 9.93. The van der Waals surface area contributed by atoms with Crippen molar-refractivity contribution in [3.63, 3.8) is 0 Å². The van der Waals surface area contributed by atoms with Gasteiger partial charge in [0.15, 0.2) is 13.4 Å². The Balaban J connectivity index is 2.17. The molecule has 0 unspecified atom stereocenters. The third kappa shape index (κ3) is 7.56. The van der Waals surface area contributed by atoms with Crippen LogP contribution in [0.3, 0.4) is 0 Å². The molecule has 0 aliphatic rings. The first-order valence-corrected chi connectivity index (χ1v) is 11.9. The predicted molar refractivity (Wildman–Crippen MR) is 120 cm³/mol. The van der Waals surface area contributed by atoms with Gasteiger partial charge in [0, 0.05) is 7.11 Å². The summed E-state index contributed by atoms with van der Waals surface area (Å²) in [7, 11) is -2.00. The molecule has 0 spiro atoms. The zero-order valence-electron chi connectivity index (χ0n) is 18.9. The summed E-state index contributed by atoms with van der Waals surface area (Å²) in [6.07, 6.45) is 1.67. The quantitative estimate of drug-likeness (QED) is 0.559. The molecule has 0 heterocycles. The summed E-state index contributed by atoms with van der Waals surface area (Å²) in [6.45, 7) is 8.08. The molecule has 0 aliphatic heterocycles. The lowest BCUT2D eigenvalue weighted by molar-refractivity contribution is -0.121. The maximum atomic E-state index is 11.7. The lowest BCUT2D eigenvalue weighted by Crippen LogP contribution is -2.33. The van der Waals surface area contributed by atoms with Gasteiger partial charge in [0.2, 0.25) is 10.0 Å². The summed E-state index contributed by atoms with van der Waals surface area (Å²) in [6, 6.07) is 9.90. The second-order valence-electron chi connectivity index (χ2n) is 7.88. The van der Waals surface area contributed by atoms with Gasteiger partial charge in [0.1, 0.15) is 11.5 Å². The van der Waals surface area contributed by atoms with Crippen molar-refractivity contribution in [2.45, 2.75) is 40.0 Å². The summed E-state index contributed by atoms with van der Waals surface area (Å²) < 4.78 is 40.3. The second kappa shape index (κ2) is 10.6. The highest BCUT2D eigenvalue weighted by Gasteiger charge is 2.13. The predicted octanol–water partition coefficient (Wildman–Crippen LogP) is 3.45. The molecule has 0 saturated heterocycles. The Hall–Kier alpha value is -2.58. The number of benzene rings is 2. The number of hydrogen-bond donors (Lipinski definition) is 1. The highest BCUT2D eigenvalue weighted by Crippen LogP contribution is 2.30. The average Bonchev–Trinajstić information content (AvgIpc) is 2.66. The lowest BCUT2D eigenvalue weighted by Gasteiger charge is -2.17. The van der Waals surface area contributed by atoms with Gasteiger partial charge in [0.25, 0.3) is 5.91 Å². The molecule has 0 aromatic heterocycles. The van der Waals surface area contributed by atoms with E-state index in [2.05, 4.69) is 26.0 Å². The molecule has 2 aromatic carbocycles. The maximum Gasteiger partial charge on any atom is 0.271 e. The molecule has 2 aromatic rings. The minimum absolute atomic E-state index is 0.209. The number of sulfonamides is 1. The van der Waals surface area contributed by atoms with Gasteiger partial charge >= 0.3 is 0 Å². The van der Waals surface area contributed by atoms with E-state index in [9.17, 15) is 13.2 Å². The Bertz CT molecular complexity index is 1010. The molecule has 7 nitrogen and oxygen atoms in total. The van der Waals surface area contributed by atoms with Crippen molar-refractivity contribution >= 4 is 15.9 Å². The zero-order chi connectivity index (χ0) is 23.2. The number of carbonyl (C=O) groups excluding carboxylic acids is 1. The number of methoxy groups -OCH3 is 1. The number of amides is 1. The van der Waals surface area contributed by atoms with Gasteiger partial charge in [-0.3, -0.25) is 9.52 Å². The van der Waals surface area contributed by atoms with Crippen LogP contribution in [0.5, 0.6) is 11.5 Å². The largest absolute Gasteiger partial charge is 0.484 e. The van der Waals surface area contributed by atoms with Crippen LogP contribution in [-0.4, -0.2) is 41.1 Å². The SMILES string of the molecule is COCOc1ccc(Cc2c(C)cc(OCC(=O)NS(C)(=O)=O)cc2C)cc1C(C)C. The molecule has 0 bridgehead atoms. The van der Waals surface area contributed by atoms with Crippen LogP contribution < -0.4 is 14.2 Å². The highest BCUT2D eigenvalue weighted by molar-refractivity contribution is 7.89. The monoisotopic (exact) mass is 449 g/mol. The third-order valence-electron chi connectivity index (χ3n) is 4.75. The van der Waals surface area contributed by atoms with Gasteiger partial charge in [-0.05, 0) is 72.2 Å². The normalized spacial score (nSPS) is 11.5. The van der Waals surface area contributed by atoms with Gasteiger partial charge < -0.3 is 14.2 Å². The molecule has 170 valence electrons. The van der Waals surface area contributed by atoms with Gasteiger partial charge in [-0.25, -0.2) is 8.42 Å². The van der Waals surface area contributed by atoms with E-state index in [-0.39, 0.29) is 13.4 Å². The summed E-state index contributed by atoms with van der Waals surface area (Å²) in [5.41, 5.74) is 5.53. The molecular formula is C23H31NO6S. The van der Waals surface area contributed by atoms with Crippen molar-refractivity contribution in [3.05, 3.63) is 58.1 Å². The van der Waals surface area contributed by atoms with Crippen molar-refractivity contribution in [1.29, 1.82) is 0 Å². The van der Waals surface area contributed by atoms with Crippen LogP contribution in [0.15, 0.2) is 30.3 Å². The van der Waals surface area contributed by atoms with Crippen molar-refractivity contribution in [3.8, 4) is 11.5 Å². The fourth-order valence-corrected chi connectivity index (χ4v) is 3.79. The fourth-order valence-electron chi connectivity index (χ4n) is 3.32. The average molecular weight is 450 g/mol. The van der Waals surface area contributed by atoms with E-state index in [0.717, 1.165) is 35.1 Å². The number of ether oxygens (including phenoxy) is 3. The zero-order valence-corrected chi connectivity index (χ0v) is 19.8. The van der Waals surface area contributed by atoms with Crippen LogP contribution in [0.2, 0.25) is 0 Å². The van der Waals surface area contributed by atoms with Crippen LogP contribution in [0.1, 0.15) is 47.6 Å². The second-order valence-corrected chi connectivity index (χ2v) is 9.62. The minimum Gasteiger partial charge on any atom is -0.484 e. The van der Waals surface area contributed by atoms with E-state index in [4.69, 9.17) is 14.2 Å². The number of nitrogens with one attached hydrogen (secondary N) is 1. The van der Waals surface area contributed by atoms with Crippen LogP contribution in [0, 0.1) is 13.8 Å². The Kier molecular flexibility index (Phi) is 8.47. The van der Waals surface area contributed by atoms with E-state index in [1.165, 1.54) is 11.1 Å². The Morgan fingerprint density at radius 1 is 1.06 bits per heavy atom. The summed E-state index contributed by atoms with van der Waals surface area (Å²) in [5, 5.41) is 0. The maximum absolute atomic E-state index is 11.7. The first-order valence-electron chi connectivity index (χ1n) is 9.98. The Morgan fingerprint density at radius 2 is 1.71 bits per heavy atom.